The van der Waals surface area contributed by atoms with Crippen molar-refractivity contribution in [1.82, 2.24) is 4.57 Å². The van der Waals surface area contributed by atoms with Crippen LogP contribution in [-0.4, -0.2) is 66.5 Å². The second-order valence-corrected chi connectivity index (χ2v) is 9.51. The molecule has 1 heterocycles. The van der Waals surface area contributed by atoms with E-state index in [4.69, 9.17) is 29.4 Å². The van der Waals surface area contributed by atoms with Crippen molar-refractivity contribution in [1.29, 1.82) is 0 Å². The lowest BCUT2D eigenvalue weighted by molar-refractivity contribution is -0.169. The van der Waals surface area contributed by atoms with Gasteiger partial charge in [-0.2, -0.15) is 0 Å². The summed E-state index contributed by atoms with van der Waals surface area (Å²) in [4.78, 5) is 48.0. The lowest BCUT2D eigenvalue weighted by Crippen LogP contribution is -2.44. The summed E-state index contributed by atoms with van der Waals surface area (Å²) < 4.78 is 28.5. The van der Waals surface area contributed by atoms with Crippen LogP contribution in [-0.2, 0) is 39.9 Å². The highest BCUT2D eigenvalue weighted by atomic mass is 32.2. The molecule has 0 aliphatic carbocycles. The van der Waals surface area contributed by atoms with E-state index in [-0.39, 0.29) is 18.7 Å². The Morgan fingerprint density at radius 2 is 1.63 bits per heavy atom. The van der Waals surface area contributed by atoms with E-state index in [1.165, 1.54) is 26.8 Å². The summed E-state index contributed by atoms with van der Waals surface area (Å²) in [7, 11) is 1.58. The number of hydrogen-bond donors (Lipinski definition) is 1. The fraction of sp³-hybridized carbons (Fsp3) is 0.462. The van der Waals surface area contributed by atoms with Gasteiger partial charge in [-0.25, -0.2) is 0 Å². The third kappa shape index (κ3) is 10.2. The number of nitrogens with zero attached hydrogens (tertiary/aromatic N) is 1. The Labute approximate surface area is 225 Å². The van der Waals surface area contributed by atoms with Gasteiger partial charge >= 0.3 is 17.9 Å². The first-order valence-electron chi connectivity index (χ1n) is 11.9. The molecule has 38 heavy (non-hydrogen) atoms. The topological polar surface area (TPSA) is 145 Å². The Hall–Kier alpha value is -3.35. The fourth-order valence-electron chi connectivity index (χ4n) is 3.37. The molecule has 2 aromatic rings. The van der Waals surface area contributed by atoms with Crippen LogP contribution in [0.3, 0.4) is 0 Å². The van der Waals surface area contributed by atoms with Crippen LogP contribution in [0.4, 0.5) is 0 Å². The second kappa shape index (κ2) is 15.2. The largest absolute Gasteiger partial charge is 0.497 e. The van der Waals surface area contributed by atoms with Crippen molar-refractivity contribution in [2.24, 2.45) is 5.73 Å². The number of hydrogen-bond acceptors (Lipinski definition) is 11. The Bertz CT molecular complexity index is 1140. The normalized spacial score (nSPS) is 14.1. The Morgan fingerprint density at radius 3 is 2.16 bits per heavy atom. The van der Waals surface area contributed by atoms with E-state index < -0.39 is 41.7 Å². The molecule has 0 aliphatic heterocycles. The number of esters is 3. The Kier molecular flexibility index (Phi) is 12.3. The van der Waals surface area contributed by atoms with Crippen molar-refractivity contribution in [2.45, 2.75) is 62.9 Å². The van der Waals surface area contributed by atoms with Gasteiger partial charge in [0, 0.05) is 44.5 Å². The lowest BCUT2D eigenvalue weighted by atomic mass is 10.2. The van der Waals surface area contributed by atoms with Crippen molar-refractivity contribution in [3.05, 3.63) is 58.5 Å². The first-order chi connectivity index (χ1) is 18.0. The van der Waals surface area contributed by atoms with Crippen molar-refractivity contribution in [3.8, 4) is 5.75 Å². The average molecular weight is 551 g/mol. The molecular weight excluding hydrogens is 516 g/mol. The first-order valence-corrected chi connectivity index (χ1v) is 12.7. The molecule has 1 aromatic carbocycles. The minimum Gasteiger partial charge on any atom is -0.497 e. The lowest BCUT2D eigenvalue weighted by Gasteiger charge is -2.31. The molecule has 0 spiro atoms. The predicted molar refractivity (Wildman–Crippen MR) is 140 cm³/mol. The molecule has 0 saturated carbocycles. The monoisotopic (exact) mass is 550 g/mol. The minimum atomic E-state index is -0.917. The number of aromatic nitrogens is 1. The number of carbonyl (C=O) groups is 3. The summed E-state index contributed by atoms with van der Waals surface area (Å²) in [6.07, 6.45) is -0.972. The molecule has 2 N–H and O–H groups in total. The zero-order chi connectivity index (χ0) is 28.2. The first kappa shape index (κ1) is 30.9. The van der Waals surface area contributed by atoms with Gasteiger partial charge < -0.3 is 34.0 Å². The maximum absolute atomic E-state index is 12.9. The molecule has 208 valence electrons. The summed E-state index contributed by atoms with van der Waals surface area (Å²) in [6.45, 7) is 5.35. The van der Waals surface area contributed by atoms with Crippen molar-refractivity contribution in [2.75, 3.05) is 20.3 Å². The van der Waals surface area contributed by atoms with Crippen LogP contribution in [0.5, 0.6) is 5.75 Å². The van der Waals surface area contributed by atoms with E-state index in [1.54, 1.807) is 30.9 Å². The summed E-state index contributed by atoms with van der Waals surface area (Å²) in [6, 6.07) is 10.5. The molecule has 0 bridgehead atoms. The molecule has 0 fully saturated rings. The van der Waals surface area contributed by atoms with Crippen LogP contribution >= 0.6 is 11.8 Å². The SMILES string of the molecule is COc1ccc(Cn2ccc(SC(OC(COC(C)=O)[C@@H](C)OC(C)=O)[C@H](CN)OC(C)=O)cc2=O)cc1. The van der Waals surface area contributed by atoms with Gasteiger partial charge in [-0.15, -0.1) is 0 Å². The summed E-state index contributed by atoms with van der Waals surface area (Å²) >= 11 is 1.11. The van der Waals surface area contributed by atoms with Crippen molar-refractivity contribution in [3.63, 3.8) is 0 Å². The number of benzene rings is 1. The Morgan fingerprint density at radius 1 is 0.974 bits per heavy atom. The molecule has 0 amide bonds. The van der Waals surface area contributed by atoms with Gasteiger partial charge in [0.25, 0.3) is 5.56 Å². The van der Waals surface area contributed by atoms with E-state index in [1.807, 2.05) is 24.3 Å². The number of pyridine rings is 1. The van der Waals surface area contributed by atoms with Gasteiger partial charge in [0.05, 0.1) is 13.7 Å². The van der Waals surface area contributed by atoms with Gasteiger partial charge in [-0.1, -0.05) is 23.9 Å². The molecule has 0 radical (unpaired) electrons. The smallest absolute Gasteiger partial charge is 0.303 e. The standard InChI is InChI=1S/C26H34N2O9S/c1-16(35-18(3)30)24(15-34-17(2)29)37-26(23(13-27)36-19(4)31)38-22-10-11-28(25(32)12-22)14-20-6-8-21(33-5)9-7-20/h6-12,16,23-24,26H,13-15,27H2,1-5H3/t16-,23+,24?,26?/m1/s1. The van der Waals surface area contributed by atoms with Crippen LogP contribution in [0.2, 0.25) is 0 Å². The fourth-order valence-corrected chi connectivity index (χ4v) is 4.46. The quantitative estimate of drug-likeness (QED) is 0.160. The van der Waals surface area contributed by atoms with Crippen LogP contribution < -0.4 is 16.0 Å². The van der Waals surface area contributed by atoms with E-state index in [2.05, 4.69) is 0 Å². The summed E-state index contributed by atoms with van der Waals surface area (Å²) in [5.41, 5.74) is 5.62. The van der Waals surface area contributed by atoms with Gasteiger partial charge in [0.15, 0.2) is 0 Å². The number of thioether (sulfide) groups is 1. The maximum Gasteiger partial charge on any atom is 0.303 e. The van der Waals surface area contributed by atoms with Gasteiger partial charge in [-0.05, 0) is 30.7 Å². The maximum atomic E-state index is 12.9. The van der Waals surface area contributed by atoms with Crippen molar-refractivity contribution >= 4 is 29.7 Å². The molecule has 12 heteroatoms. The van der Waals surface area contributed by atoms with E-state index >= 15 is 0 Å². The van der Waals surface area contributed by atoms with Gasteiger partial charge in [0.2, 0.25) is 0 Å². The third-order valence-corrected chi connectivity index (χ3v) is 6.39. The highest BCUT2D eigenvalue weighted by Gasteiger charge is 2.32. The van der Waals surface area contributed by atoms with E-state index in [9.17, 15) is 19.2 Å². The number of ether oxygens (including phenoxy) is 5. The van der Waals surface area contributed by atoms with E-state index in [0.717, 1.165) is 23.1 Å². The summed E-state index contributed by atoms with van der Waals surface area (Å²) in [5, 5.41) is 0. The molecule has 11 nitrogen and oxygen atoms in total. The van der Waals surface area contributed by atoms with Crippen LogP contribution in [0, 0.1) is 0 Å². The third-order valence-electron chi connectivity index (χ3n) is 5.22. The number of carbonyl (C=O) groups excluding carboxylic acids is 3. The van der Waals surface area contributed by atoms with Gasteiger partial charge in [0.1, 0.15) is 36.1 Å². The van der Waals surface area contributed by atoms with Crippen LogP contribution in [0.1, 0.15) is 33.3 Å². The molecule has 4 atom stereocenters. The minimum absolute atomic E-state index is 0.0893. The highest BCUT2D eigenvalue weighted by Crippen LogP contribution is 2.29. The molecule has 0 aliphatic rings. The molecule has 2 rings (SSSR count). The molecule has 1 aromatic heterocycles. The number of methoxy groups -OCH3 is 1. The highest BCUT2D eigenvalue weighted by molar-refractivity contribution is 7.99. The number of rotatable bonds is 14. The Balaban J connectivity index is 2.29. The number of nitrogens with two attached hydrogens (primary N) is 1. The zero-order valence-electron chi connectivity index (χ0n) is 22.1. The second-order valence-electron chi connectivity index (χ2n) is 8.34. The van der Waals surface area contributed by atoms with E-state index in [0.29, 0.717) is 11.4 Å². The molecule has 2 unspecified atom stereocenters. The zero-order valence-corrected chi connectivity index (χ0v) is 22.9. The molecule has 0 saturated heterocycles. The van der Waals surface area contributed by atoms with Crippen LogP contribution in [0.15, 0.2) is 52.3 Å². The molecular formula is C26H34N2O9S. The average Bonchev–Trinajstić information content (AvgIpc) is 2.85. The van der Waals surface area contributed by atoms with Gasteiger partial charge in [-0.3, -0.25) is 19.2 Å². The predicted octanol–water partition coefficient (Wildman–Crippen LogP) is 2.11. The summed E-state index contributed by atoms with van der Waals surface area (Å²) in [5.74, 6) is -0.951. The van der Waals surface area contributed by atoms with Crippen LogP contribution in [0.25, 0.3) is 0 Å². The van der Waals surface area contributed by atoms with Crippen molar-refractivity contribution < 1.29 is 38.1 Å².